The average molecular weight is 444 g/mol. The number of ketones is 1. The number of benzene rings is 1. The summed E-state index contributed by atoms with van der Waals surface area (Å²) in [6.45, 7) is 3.69. The van der Waals surface area contributed by atoms with Crippen LogP contribution in [0.5, 0.6) is 0 Å². The quantitative estimate of drug-likeness (QED) is 0.486. The average Bonchev–Trinajstić information content (AvgIpc) is 2.83. The lowest BCUT2D eigenvalue weighted by atomic mass is 9.89. The van der Waals surface area contributed by atoms with Crippen LogP contribution in [0.15, 0.2) is 30.3 Å². The Kier molecular flexibility index (Phi) is 9.68. The molecule has 2 aliphatic heterocycles. The predicted octanol–water partition coefficient (Wildman–Crippen LogP) is 2.85. The fourth-order valence-corrected chi connectivity index (χ4v) is 4.89. The lowest BCUT2D eigenvalue weighted by molar-refractivity contribution is -0.139. The Balaban J connectivity index is 1.46. The van der Waals surface area contributed by atoms with Gasteiger partial charge in [-0.1, -0.05) is 24.6 Å². The van der Waals surface area contributed by atoms with Crippen LogP contribution in [-0.2, 0) is 9.59 Å². The van der Waals surface area contributed by atoms with Gasteiger partial charge in [0.1, 0.15) is 11.8 Å². The van der Waals surface area contributed by atoms with Gasteiger partial charge >= 0.3 is 5.97 Å². The molecule has 2 heterocycles. The van der Waals surface area contributed by atoms with Gasteiger partial charge in [-0.05, 0) is 89.2 Å². The molecule has 0 spiro atoms. The van der Waals surface area contributed by atoms with Crippen LogP contribution < -0.4 is 10.6 Å². The Morgan fingerprint density at radius 1 is 1.09 bits per heavy atom. The van der Waals surface area contributed by atoms with Gasteiger partial charge in [-0.3, -0.25) is 14.5 Å². The lowest BCUT2D eigenvalue weighted by Crippen LogP contribution is -2.46. The summed E-state index contributed by atoms with van der Waals surface area (Å²) >= 11 is 0. The highest BCUT2D eigenvalue weighted by Gasteiger charge is 2.29. The molecule has 0 bridgehead atoms. The largest absolute Gasteiger partial charge is 0.480 e. The molecule has 1 aromatic rings. The number of nitrogens with zero attached hydrogens (tertiary/aromatic N) is 1. The summed E-state index contributed by atoms with van der Waals surface area (Å²) in [5.74, 6) is -0.401. The second kappa shape index (κ2) is 12.7. The molecule has 2 atom stereocenters. The highest BCUT2D eigenvalue weighted by molar-refractivity contribution is 5.96. The van der Waals surface area contributed by atoms with E-state index >= 15 is 0 Å². The molecule has 2 aliphatic rings. The summed E-state index contributed by atoms with van der Waals surface area (Å²) in [7, 11) is 0. The molecule has 7 nitrogen and oxygen atoms in total. The van der Waals surface area contributed by atoms with Crippen LogP contribution in [0.3, 0.4) is 0 Å². The molecule has 2 saturated heterocycles. The van der Waals surface area contributed by atoms with Gasteiger partial charge in [0, 0.05) is 12.0 Å². The van der Waals surface area contributed by atoms with Crippen molar-refractivity contribution in [3.8, 4) is 0 Å². The van der Waals surface area contributed by atoms with Gasteiger partial charge in [-0.15, -0.1) is 0 Å². The first-order valence-corrected chi connectivity index (χ1v) is 12.1. The second-order valence-electron chi connectivity index (χ2n) is 9.12. The van der Waals surface area contributed by atoms with Gasteiger partial charge in [0.25, 0.3) is 5.91 Å². The number of amides is 1. The van der Waals surface area contributed by atoms with Crippen molar-refractivity contribution in [3.63, 3.8) is 0 Å². The number of hydrogen-bond acceptors (Lipinski definition) is 5. The van der Waals surface area contributed by atoms with Crippen molar-refractivity contribution >= 4 is 17.7 Å². The van der Waals surface area contributed by atoms with Gasteiger partial charge in [-0.2, -0.15) is 0 Å². The molecule has 1 amide bonds. The van der Waals surface area contributed by atoms with Crippen molar-refractivity contribution in [1.82, 2.24) is 15.5 Å². The number of hydrogen-bond donors (Lipinski definition) is 3. The normalized spacial score (nSPS) is 21.1. The summed E-state index contributed by atoms with van der Waals surface area (Å²) in [4.78, 5) is 39.2. The fourth-order valence-electron chi connectivity index (χ4n) is 4.89. The van der Waals surface area contributed by atoms with Crippen LogP contribution in [-0.4, -0.2) is 65.9 Å². The molecule has 1 aromatic carbocycles. The molecule has 2 fully saturated rings. The Morgan fingerprint density at radius 2 is 1.84 bits per heavy atom. The van der Waals surface area contributed by atoms with Crippen molar-refractivity contribution in [1.29, 1.82) is 0 Å². The molecule has 32 heavy (non-hydrogen) atoms. The molecule has 176 valence electrons. The maximum absolute atomic E-state index is 13.0. The summed E-state index contributed by atoms with van der Waals surface area (Å²) in [6, 6.07) is 7.69. The van der Waals surface area contributed by atoms with E-state index in [1.807, 2.05) is 6.07 Å². The third kappa shape index (κ3) is 7.41. The van der Waals surface area contributed by atoms with E-state index < -0.39 is 12.0 Å². The van der Waals surface area contributed by atoms with E-state index in [4.69, 9.17) is 0 Å². The van der Waals surface area contributed by atoms with Crippen LogP contribution >= 0.6 is 0 Å². The molecular formula is C25H37N3O4. The van der Waals surface area contributed by atoms with Crippen molar-refractivity contribution in [2.45, 2.75) is 69.9 Å². The number of piperidine rings is 2. The molecule has 0 aliphatic carbocycles. The molecule has 3 N–H and O–H groups in total. The molecule has 0 saturated carbocycles. The Hall–Kier alpha value is -2.25. The number of carboxylic acid groups (broad SMARTS) is 1. The molecule has 3 rings (SSSR count). The SMILES string of the molecule is O=C(NC(CCCN1CCCC[C@@H]1C(=O)CCC1CCNCC1)C(=O)O)c1ccccc1. The minimum Gasteiger partial charge on any atom is -0.480 e. The van der Waals surface area contributed by atoms with E-state index in [9.17, 15) is 19.5 Å². The zero-order valence-electron chi connectivity index (χ0n) is 18.9. The van der Waals surface area contributed by atoms with Crippen molar-refractivity contribution in [2.24, 2.45) is 5.92 Å². The topological polar surface area (TPSA) is 98.7 Å². The maximum Gasteiger partial charge on any atom is 0.326 e. The number of aliphatic carboxylic acids is 1. The molecule has 7 heteroatoms. The number of rotatable bonds is 11. The van der Waals surface area contributed by atoms with E-state index in [1.54, 1.807) is 24.3 Å². The molecule has 0 radical (unpaired) electrons. The summed E-state index contributed by atoms with van der Waals surface area (Å²) in [5, 5.41) is 15.6. The first-order valence-electron chi connectivity index (χ1n) is 12.1. The van der Waals surface area contributed by atoms with E-state index in [1.165, 1.54) is 0 Å². The minimum absolute atomic E-state index is 0.0346. The zero-order valence-corrected chi connectivity index (χ0v) is 18.9. The van der Waals surface area contributed by atoms with Gasteiger partial charge in [0.2, 0.25) is 0 Å². The second-order valence-corrected chi connectivity index (χ2v) is 9.12. The Bertz CT molecular complexity index is 749. The lowest BCUT2D eigenvalue weighted by Gasteiger charge is -2.35. The number of nitrogens with one attached hydrogen (secondary N) is 2. The monoisotopic (exact) mass is 443 g/mol. The third-order valence-corrected chi connectivity index (χ3v) is 6.82. The summed E-state index contributed by atoms with van der Waals surface area (Å²) in [5.41, 5.74) is 0.453. The van der Waals surface area contributed by atoms with E-state index in [0.29, 0.717) is 43.1 Å². The third-order valence-electron chi connectivity index (χ3n) is 6.82. The first kappa shape index (κ1) is 24.4. The fraction of sp³-hybridized carbons (Fsp3) is 0.640. The first-order chi connectivity index (χ1) is 15.5. The predicted molar refractivity (Wildman–Crippen MR) is 124 cm³/mol. The number of carbonyl (C=O) groups is 3. The van der Waals surface area contributed by atoms with Gasteiger partial charge in [0.05, 0.1) is 6.04 Å². The number of carbonyl (C=O) groups excluding carboxylic acids is 2. The van der Waals surface area contributed by atoms with Crippen LogP contribution in [0.2, 0.25) is 0 Å². The zero-order chi connectivity index (χ0) is 22.8. The van der Waals surface area contributed by atoms with Gasteiger partial charge in [-0.25, -0.2) is 4.79 Å². The van der Waals surface area contributed by atoms with E-state index in [2.05, 4.69) is 15.5 Å². The smallest absolute Gasteiger partial charge is 0.326 e. The van der Waals surface area contributed by atoms with Gasteiger partial charge in [0.15, 0.2) is 0 Å². The maximum atomic E-state index is 13.0. The Morgan fingerprint density at radius 3 is 2.56 bits per heavy atom. The molecule has 0 aromatic heterocycles. The molecular weight excluding hydrogens is 406 g/mol. The highest BCUT2D eigenvalue weighted by Crippen LogP contribution is 2.23. The minimum atomic E-state index is -1.03. The standard InChI is InChI=1S/C25H37N3O4/c29-23(12-11-19-13-15-26-16-14-19)22-10-4-5-17-28(22)18-6-9-21(25(31)32)27-24(30)20-7-2-1-3-8-20/h1-3,7-8,19,21-22,26H,4-6,9-18H2,(H,27,30)(H,31,32)/t21?,22-/m1/s1. The van der Waals surface area contributed by atoms with Crippen LogP contribution in [0.4, 0.5) is 0 Å². The number of Topliss-reactive ketones (excluding diaryl/α,β-unsaturated/α-hetero) is 1. The van der Waals surface area contributed by atoms with Crippen LogP contribution in [0.1, 0.15) is 68.1 Å². The van der Waals surface area contributed by atoms with Crippen molar-refractivity contribution in [2.75, 3.05) is 26.2 Å². The van der Waals surface area contributed by atoms with Crippen molar-refractivity contribution in [3.05, 3.63) is 35.9 Å². The summed E-state index contributed by atoms with van der Waals surface area (Å²) < 4.78 is 0. The molecule has 1 unspecified atom stereocenters. The van der Waals surface area contributed by atoms with Crippen LogP contribution in [0.25, 0.3) is 0 Å². The van der Waals surface area contributed by atoms with Crippen LogP contribution in [0, 0.1) is 5.92 Å². The summed E-state index contributed by atoms with van der Waals surface area (Å²) in [6.07, 6.45) is 7.98. The number of likely N-dealkylation sites (tertiary alicyclic amines) is 1. The Labute approximate surface area is 190 Å². The highest BCUT2D eigenvalue weighted by atomic mass is 16.4. The van der Waals surface area contributed by atoms with E-state index in [-0.39, 0.29) is 11.9 Å². The van der Waals surface area contributed by atoms with Crippen molar-refractivity contribution < 1.29 is 19.5 Å². The van der Waals surface area contributed by atoms with E-state index in [0.717, 1.165) is 58.2 Å². The van der Waals surface area contributed by atoms with Gasteiger partial charge < -0.3 is 15.7 Å². The number of carboxylic acids is 1.